The second-order valence-corrected chi connectivity index (χ2v) is 6.30. The maximum Gasteiger partial charge on any atom is 0.249 e. The summed E-state index contributed by atoms with van der Waals surface area (Å²) in [6.45, 7) is 2.35. The van der Waals surface area contributed by atoms with E-state index in [4.69, 9.17) is 0 Å². The molecule has 0 aromatic heterocycles. The van der Waals surface area contributed by atoms with Crippen molar-refractivity contribution in [3.63, 3.8) is 0 Å². The largest absolute Gasteiger partial charge is 0.340 e. The Kier molecular flexibility index (Phi) is 2.83. The molecule has 1 atom stereocenters. The number of nitrogens with one attached hydrogen (secondary N) is 1. The maximum atomic E-state index is 12.6. The molecule has 1 saturated heterocycles. The molecule has 2 amide bonds. The van der Waals surface area contributed by atoms with Gasteiger partial charge in [-0.1, -0.05) is 25.7 Å². The van der Waals surface area contributed by atoms with E-state index < -0.39 is 5.54 Å². The maximum absolute atomic E-state index is 12.6. The summed E-state index contributed by atoms with van der Waals surface area (Å²) in [5.74, 6) is 0.990. The fourth-order valence-corrected chi connectivity index (χ4v) is 3.50. The minimum Gasteiger partial charge on any atom is -0.340 e. The van der Waals surface area contributed by atoms with Crippen LogP contribution in [-0.2, 0) is 9.59 Å². The van der Waals surface area contributed by atoms with Gasteiger partial charge in [-0.2, -0.15) is 0 Å². The third kappa shape index (κ3) is 2.02. The molecule has 2 aliphatic carbocycles. The zero-order valence-electron chi connectivity index (χ0n) is 11.1. The summed E-state index contributed by atoms with van der Waals surface area (Å²) in [5.41, 5.74) is -0.548. The van der Waals surface area contributed by atoms with E-state index in [9.17, 15) is 9.59 Å². The van der Waals surface area contributed by atoms with Crippen molar-refractivity contribution in [2.45, 2.75) is 63.5 Å². The van der Waals surface area contributed by atoms with Crippen LogP contribution in [0.25, 0.3) is 0 Å². The molecule has 0 aromatic rings. The van der Waals surface area contributed by atoms with E-state index >= 15 is 0 Å². The lowest BCUT2D eigenvalue weighted by atomic mass is 9.91. The summed E-state index contributed by atoms with van der Waals surface area (Å²) >= 11 is 0. The smallest absolute Gasteiger partial charge is 0.249 e. The molecule has 3 fully saturated rings. The Morgan fingerprint density at radius 1 is 1.33 bits per heavy atom. The van der Waals surface area contributed by atoms with Crippen molar-refractivity contribution >= 4 is 11.8 Å². The zero-order valence-corrected chi connectivity index (χ0v) is 11.1. The van der Waals surface area contributed by atoms with Gasteiger partial charge in [-0.25, -0.2) is 0 Å². The molecule has 1 spiro atoms. The number of piperazine rings is 1. The molecule has 0 radical (unpaired) electrons. The molecule has 0 aromatic carbocycles. The van der Waals surface area contributed by atoms with Crippen LogP contribution in [0.2, 0.25) is 0 Å². The molecule has 4 heteroatoms. The second kappa shape index (κ2) is 4.25. The summed E-state index contributed by atoms with van der Waals surface area (Å²) in [4.78, 5) is 26.4. The van der Waals surface area contributed by atoms with Crippen LogP contribution in [0, 0.1) is 5.92 Å². The predicted octanol–water partition coefficient (Wildman–Crippen LogP) is 1.45. The van der Waals surface area contributed by atoms with Crippen LogP contribution < -0.4 is 5.32 Å². The van der Waals surface area contributed by atoms with E-state index in [1.54, 1.807) is 0 Å². The number of nitrogens with zero attached hydrogens (tertiary/aromatic N) is 1. The molecular weight excluding hydrogens is 228 g/mol. The third-order valence-electron chi connectivity index (χ3n) is 4.72. The molecule has 1 heterocycles. The second-order valence-electron chi connectivity index (χ2n) is 6.30. The van der Waals surface area contributed by atoms with Crippen molar-refractivity contribution in [1.29, 1.82) is 0 Å². The highest BCUT2D eigenvalue weighted by molar-refractivity contribution is 5.98. The number of rotatable bonds is 3. The summed E-state index contributed by atoms with van der Waals surface area (Å²) in [6.07, 6.45) is 7.41. The Bertz CT molecular complexity index is 370. The molecule has 3 rings (SSSR count). The van der Waals surface area contributed by atoms with Crippen molar-refractivity contribution in [2.24, 2.45) is 5.92 Å². The van der Waals surface area contributed by atoms with Gasteiger partial charge in [0.1, 0.15) is 5.54 Å². The summed E-state index contributed by atoms with van der Waals surface area (Å²) in [7, 11) is 0. The van der Waals surface area contributed by atoms with Crippen molar-refractivity contribution in [3.8, 4) is 0 Å². The number of carbonyl (C=O) groups is 2. The van der Waals surface area contributed by atoms with Gasteiger partial charge in [0.15, 0.2) is 0 Å². The first kappa shape index (κ1) is 12.0. The van der Waals surface area contributed by atoms with Gasteiger partial charge in [0, 0.05) is 6.04 Å². The number of amides is 2. The minimum atomic E-state index is -0.548. The van der Waals surface area contributed by atoms with Gasteiger partial charge in [-0.05, 0) is 32.1 Å². The highest BCUT2D eigenvalue weighted by Crippen LogP contribution is 2.37. The lowest BCUT2D eigenvalue weighted by Gasteiger charge is -2.42. The molecule has 2 saturated carbocycles. The van der Waals surface area contributed by atoms with Crippen LogP contribution in [0.15, 0.2) is 0 Å². The average Bonchev–Trinajstić information content (AvgIpc) is 3.02. The van der Waals surface area contributed by atoms with Crippen LogP contribution in [0.3, 0.4) is 0 Å². The van der Waals surface area contributed by atoms with Crippen LogP contribution in [-0.4, -0.2) is 34.8 Å². The fraction of sp³-hybridized carbons (Fsp3) is 0.857. The first-order chi connectivity index (χ1) is 8.61. The van der Waals surface area contributed by atoms with Crippen LogP contribution in [0.4, 0.5) is 0 Å². The molecule has 3 aliphatic rings. The lowest BCUT2D eigenvalue weighted by molar-refractivity contribution is -0.152. The van der Waals surface area contributed by atoms with Gasteiger partial charge < -0.3 is 10.2 Å². The lowest BCUT2D eigenvalue weighted by Crippen LogP contribution is -2.67. The van der Waals surface area contributed by atoms with E-state index in [1.165, 1.54) is 12.8 Å². The van der Waals surface area contributed by atoms with Crippen LogP contribution in [0.5, 0.6) is 0 Å². The summed E-state index contributed by atoms with van der Waals surface area (Å²) in [5, 5.41) is 2.97. The van der Waals surface area contributed by atoms with Gasteiger partial charge in [0.2, 0.25) is 11.8 Å². The standard InChI is InChI=1S/C14H22N2O2/c1-10(8-11-4-5-11)16-9-12(17)15-14(13(16)18)6-2-3-7-14/h10-11H,2-9H2,1H3,(H,15,17). The van der Waals surface area contributed by atoms with E-state index in [0.29, 0.717) is 0 Å². The number of carbonyl (C=O) groups excluding carboxylic acids is 2. The van der Waals surface area contributed by atoms with Crippen molar-refractivity contribution in [3.05, 3.63) is 0 Å². The van der Waals surface area contributed by atoms with Crippen molar-refractivity contribution in [2.75, 3.05) is 6.54 Å². The topological polar surface area (TPSA) is 49.4 Å². The van der Waals surface area contributed by atoms with E-state index in [1.807, 2.05) is 4.90 Å². The Hall–Kier alpha value is -1.06. The highest BCUT2D eigenvalue weighted by Gasteiger charge is 2.49. The van der Waals surface area contributed by atoms with E-state index in [2.05, 4.69) is 12.2 Å². The quantitative estimate of drug-likeness (QED) is 0.824. The summed E-state index contributed by atoms with van der Waals surface area (Å²) < 4.78 is 0. The van der Waals surface area contributed by atoms with Crippen molar-refractivity contribution in [1.82, 2.24) is 10.2 Å². The Morgan fingerprint density at radius 2 is 2.00 bits per heavy atom. The van der Waals surface area contributed by atoms with Gasteiger partial charge >= 0.3 is 0 Å². The van der Waals surface area contributed by atoms with Gasteiger partial charge in [0.05, 0.1) is 6.54 Å². The molecule has 0 bridgehead atoms. The highest BCUT2D eigenvalue weighted by atomic mass is 16.2. The zero-order chi connectivity index (χ0) is 12.8. The third-order valence-corrected chi connectivity index (χ3v) is 4.72. The monoisotopic (exact) mass is 250 g/mol. The fourth-order valence-electron chi connectivity index (χ4n) is 3.50. The molecule has 4 nitrogen and oxygen atoms in total. The van der Waals surface area contributed by atoms with E-state index in [0.717, 1.165) is 38.0 Å². The van der Waals surface area contributed by atoms with E-state index in [-0.39, 0.29) is 24.4 Å². The first-order valence-electron chi connectivity index (χ1n) is 7.23. The Labute approximate surface area is 108 Å². The molecule has 1 N–H and O–H groups in total. The van der Waals surface area contributed by atoms with Gasteiger partial charge in [-0.15, -0.1) is 0 Å². The van der Waals surface area contributed by atoms with Gasteiger partial charge in [-0.3, -0.25) is 9.59 Å². The molecule has 1 aliphatic heterocycles. The predicted molar refractivity (Wildman–Crippen MR) is 67.9 cm³/mol. The number of hydrogen-bond donors (Lipinski definition) is 1. The minimum absolute atomic E-state index is 0.0270. The molecular formula is C14H22N2O2. The summed E-state index contributed by atoms with van der Waals surface area (Å²) in [6, 6.07) is 0.216. The Balaban J connectivity index is 1.75. The van der Waals surface area contributed by atoms with Crippen LogP contribution in [0.1, 0.15) is 51.9 Å². The SMILES string of the molecule is CC(CC1CC1)N1CC(=O)NC2(CCCC2)C1=O. The van der Waals surface area contributed by atoms with Gasteiger partial charge in [0.25, 0.3) is 0 Å². The van der Waals surface area contributed by atoms with Crippen molar-refractivity contribution < 1.29 is 9.59 Å². The molecule has 18 heavy (non-hydrogen) atoms. The Morgan fingerprint density at radius 3 is 2.61 bits per heavy atom. The first-order valence-corrected chi connectivity index (χ1v) is 7.23. The normalized spacial score (nSPS) is 28.6. The molecule has 100 valence electrons. The molecule has 1 unspecified atom stereocenters. The number of hydrogen-bond acceptors (Lipinski definition) is 2. The van der Waals surface area contributed by atoms with Crippen LogP contribution >= 0.6 is 0 Å². The average molecular weight is 250 g/mol.